The average Bonchev–Trinajstić information content (AvgIpc) is 2.18. The third-order valence-electron chi connectivity index (χ3n) is 1.94. The van der Waals surface area contributed by atoms with Gasteiger partial charge in [0.05, 0.1) is 6.54 Å². The fourth-order valence-electron chi connectivity index (χ4n) is 1.31. The quantitative estimate of drug-likeness (QED) is 0.692. The van der Waals surface area contributed by atoms with Gasteiger partial charge in [-0.2, -0.15) is 0 Å². The highest BCUT2D eigenvalue weighted by molar-refractivity contribution is 5.51. The highest BCUT2D eigenvalue weighted by atomic mass is 16.5. The first-order chi connectivity index (χ1) is 6.40. The first-order valence-electron chi connectivity index (χ1n) is 4.37. The van der Waals surface area contributed by atoms with Crippen LogP contribution in [0.2, 0.25) is 0 Å². The molecular weight excluding hydrogens is 168 g/mol. The summed E-state index contributed by atoms with van der Waals surface area (Å²) in [4.78, 5) is 4.31. The Balaban J connectivity index is 2.24. The Labute approximate surface area is 76.6 Å². The Kier molecular flexibility index (Phi) is 2.31. The van der Waals surface area contributed by atoms with E-state index in [1.165, 1.54) is 0 Å². The van der Waals surface area contributed by atoms with E-state index in [-0.39, 0.29) is 6.61 Å². The van der Waals surface area contributed by atoms with Gasteiger partial charge in [0.15, 0.2) is 11.6 Å². The number of fused-ring (bicyclic) bond motifs is 1. The molecule has 4 heteroatoms. The number of nitrogens with one attached hydrogen (secondary N) is 1. The van der Waals surface area contributed by atoms with Gasteiger partial charge in [0.25, 0.3) is 0 Å². The number of hydrogen-bond acceptors (Lipinski definition) is 4. The third-order valence-corrected chi connectivity index (χ3v) is 1.94. The summed E-state index contributed by atoms with van der Waals surface area (Å²) >= 11 is 0. The zero-order valence-electron chi connectivity index (χ0n) is 7.29. The van der Waals surface area contributed by atoms with Crippen molar-refractivity contribution in [1.29, 1.82) is 0 Å². The summed E-state index contributed by atoms with van der Waals surface area (Å²) in [6, 6.07) is 3.77. The predicted molar refractivity (Wildman–Crippen MR) is 49.0 cm³/mol. The van der Waals surface area contributed by atoms with Gasteiger partial charge in [0, 0.05) is 18.7 Å². The monoisotopic (exact) mass is 180 g/mol. The van der Waals surface area contributed by atoms with Crippen molar-refractivity contribution in [2.24, 2.45) is 0 Å². The van der Waals surface area contributed by atoms with E-state index in [2.05, 4.69) is 10.3 Å². The van der Waals surface area contributed by atoms with Crippen LogP contribution in [-0.4, -0.2) is 29.8 Å². The highest BCUT2D eigenvalue weighted by Gasteiger charge is 2.10. The van der Waals surface area contributed by atoms with Crippen molar-refractivity contribution < 1.29 is 9.84 Å². The molecule has 4 nitrogen and oxygen atoms in total. The van der Waals surface area contributed by atoms with Crippen molar-refractivity contribution in [3.05, 3.63) is 17.8 Å². The van der Waals surface area contributed by atoms with Crippen LogP contribution in [0.5, 0.6) is 5.75 Å². The topological polar surface area (TPSA) is 54.4 Å². The second-order valence-electron chi connectivity index (χ2n) is 2.90. The van der Waals surface area contributed by atoms with Crippen LogP contribution in [0.15, 0.2) is 12.1 Å². The van der Waals surface area contributed by atoms with Crippen LogP contribution >= 0.6 is 0 Å². The molecule has 0 fully saturated rings. The smallest absolute Gasteiger partial charge is 0.169 e. The maximum Gasteiger partial charge on any atom is 0.169 e. The molecule has 1 aromatic rings. The van der Waals surface area contributed by atoms with Gasteiger partial charge >= 0.3 is 0 Å². The Morgan fingerprint density at radius 3 is 3.31 bits per heavy atom. The number of hydrogen-bond donors (Lipinski definition) is 2. The van der Waals surface area contributed by atoms with Crippen molar-refractivity contribution in [2.75, 3.05) is 25.1 Å². The molecule has 2 rings (SSSR count). The molecule has 0 saturated carbocycles. The summed E-state index contributed by atoms with van der Waals surface area (Å²) in [6.45, 7) is 1.61. The normalized spacial score (nSPS) is 14.2. The predicted octanol–water partition coefficient (Wildman–Crippen LogP) is 0.421. The van der Waals surface area contributed by atoms with Crippen LogP contribution in [0.1, 0.15) is 5.69 Å². The lowest BCUT2D eigenvalue weighted by Gasteiger charge is -2.18. The number of ether oxygens (including phenoxy) is 1. The molecule has 0 unspecified atom stereocenters. The Morgan fingerprint density at radius 1 is 1.54 bits per heavy atom. The van der Waals surface area contributed by atoms with Crippen LogP contribution in [0.3, 0.4) is 0 Å². The molecule has 13 heavy (non-hydrogen) atoms. The zero-order valence-corrected chi connectivity index (χ0v) is 7.29. The summed E-state index contributed by atoms with van der Waals surface area (Å²) in [7, 11) is 0. The van der Waals surface area contributed by atoms with Crippen molar-refractivity contribution in [3.8, 4) is 5.75 Å². The molecule has 0 amide bonds. The lowest BCUT2D eigenvalue weighted by atomic mass is 10.2. The summed E-state index contributed by atoms with van der Waals surface area (Å²) in [5.41, 5.74) is 0.888. The molecule has 0 spiro atoms. The molecule has 0 atom stereocenters. The second-order valence-corrected chi connectivity index (χ2v) is 2.90. The van der Waals surface area contributed by atoms with Crippen molar-refractivity contribution >= 4 is 5.82 Å². The largest absolute Gasteiger partial charge is 0.488 e. The Hall–Kier alpha value is -1.29. The van der Waals surface area contributed by atoms with E-state index >= 15 is 0 Å². The van der Waals surface area contributed by atoms with E-state index in [9.17, 15) is 0 Å². The standard InChI is InChI=1S/C9H12N2O2/c12-5-3-7-1-2-8-9(11-7)10-4-6-13-8/h1-2,12H,3-6H2,(H,10,11). The molecule has 0 aliphatic carbocycles. The van der Waals surface area contributed by atoms with E-state index in [0.717, 1.165) is 23.8 Å². The van der Waals surface area contributed by atoms with Gasteiger partial charge in [-0.3, -0.25) is 0 Å². The van der Waals surface area contributed by atoms with Gasteiger partial charge < -0.3 is 15.2 Å². The number of aliphatic hydroxyl groups excluding tert-OH is 1. The maximum atomic E-state index is 8.73. The molecule has 0 aromatic carbocycles. The molecule has 70 valence electrons. The summed E-state index contributed by atoms with van der Waals surface area (Å²) in [5, 5.41) is 11.9. The maximum absolute atomic E-state index is 8.73. The molecule has 1 aliphatic heterocycles. The fourth-order valence-corrected chi connectivity index (χ4v) is 1.31. The number of aliphatic hydroxyl groups is 1. The van der Waals surface area contributed by atoms with Crippen molar-refractivity contribution in [1.82, 2.24) is 4.98 Å². The molecule has 1 aromatic heterocycles. The molecular formula is C9H12N2O2. The van der Waals surface area contributed by atoms with Gasteiger partial charge in [-0.25, -0.2) is 4.98 Å². The van der Waals surface area contributed by atoms with Gasteiger partial charge in [0.2, 0.25) is 0 Å². The van der Waals surface area contributed by atoms with E-state index in [1.54, 1.807) is 0 Å². The fraction of sp³-hybridized carbons (Fsp3) is 0.444. The number of nitrogens with zero attached hydrogens (tertiary/aromatic N) is 1. The Morgan fingerprint density at radius 2 is 2.46 bits per heavy atom. The highest BCUT2D eigenvalue weighted by Crippen LogP contribution is 2.24. The minimum atomic E-state index is 0.132. The summed E-state index contributed by atoms with van der Waals surface area (Å²) in [5.74, 6) is 1.59. The van der Waals surface area contributed by atoms with E-state index in [4.69, 9.17) is 9.84 Å². The molecule has 0 radical (unpaired) electrons. The Bertz CT molecular complexity index is 302. The molecule has 1 aliphatic rings. The second kappa shape index (κ2) is 3.62. The number of rotatable bonds is 2. The van der Waals surface area contributed by atoms with Gasteiger partial charge in [-0.1, -0.05) is 0 Å². The van der Waals surface area contributed by atoms with Crippen molar-refractivity contribution in [2.45, 2.75) is 6.42 Å². The van der Waals surface area contributed by atoms with E-state index < -0.39 is 0 Å². The van der Waals surface area contributed by atoms with Crippen LogP contribution in [0, 0.1) is 0 Å². The van der Waals surface area contributed by atoms with Gasteiger partial charge in [0.1, 0.15) is 6.61 Å². The third kappa shape index (κ3) is 1.72. The van der Waals surface area contributed by atoms with Crippen LogP contribution in [0.4, 0.5) is 5.82 Å². The van der Waals surface area contributed by atoms with Crippen molar-refractivity contribution in [3.63, 3.8) is 0 Å². The number of anilines is 1. The van der Waals surface area contributed by atoms with E-state index in [1.807, 2.05) is 12.1 Å². The molecule has 2 heterocycles. The zero-order chi connectivity index (χ0) is 9.10. The number of pyridine rings is 1. The molecule has 0 saturated heterocycles. The lowest BCUT2D eigenvalue weighted by Crippen LogP contribution is -2.19. The summed E-state index contributed by atoms with van der Waals surface area (Å²) < 4.78 is 5.37. The molecule has 0 bridgehead atoms. The average molecular weight is 180 g/mol. The van der Waals surface area contributed by atoms with Gasteiger partial charge in [-0.05, 0) is 12.1 Å². The van der Waals surface area contributed by atoms with Crippen LogP contribution < -0.4 is 10.1 Å². The SMILES string of the molecule is OCCc1ccc2c(n1)NCCO2. The van der Waals surface area contributed by atoms with Crippen LogP contribution in [0.25, 0.3) is 0 Å². The minimum absolute atomic E-state index is 0.132. The van der Waals surface area contributed by atoms with Crippen LogP contribution in [-0.2, 0) is 6.42 Å². The lowest BCUT2D eigenvalue weighted by molar-refractivity contribution is 0.297. The summed E-state index contributed by atoms with van der Waals surface area (Å²) in [6.07, 6.45) is 0.592. The number of aromatic nitrogens is 1. The minimum Gasteiger partial charge on any atom is -0.488 e. The van der Waals surface area contributed by atoms with E-state index in [0.29, 0.717) is 13.0 Å². The first-order valence-corrected chi connectivity index (χ1v) is 4.37. The van der Waals surface area contributed by atoms with Gasteiger partial charge in [-0.15, -0.1) is 0 Å². The molecule has 2 N–H and O–H groups in total. The first kappa shape index (κ1) is 8.31.